The van der Waals surface area contributed by atoms with Gasteiger partial charge in [0, 0.05) is 36.8 Å². The largest absolute Gasteiger partial charge is 0.477 e. The highest BCUT2D eigenvalue weighted by molar-refractivity contribution is 5.96. The van der Waals surface area contributed by atoms with Crippen molar-refractivity contribution in [2.75, 3.05) is 0 Å². The first kappa shape index (κ1) is 12.4. The number of carbonyl (C=O) groups is 1. The maximum atomic E-state index is 13.4. The van der Waals surface area contributed by atoms with Gasteiger partial charge in [0.05, 0.1) is 5.69 Å². The van der Waals surface area contributed by atoms with Crippen LogP contribution in [-0.2, 0) is 14.1 Å². The van der Waals surface area contributed by atoms with E-state index in [9.17, 15) is 9.18 Å². The highest BCUT2D eigenvalue weighted by atomic mass is 19.1. The number of carboxylic acid groups (broad SMARTS) is 1. The molecular weight excluding hydrogens is 261 g/mol. The first-order valence-electron chi connectivity index (χ1n) is 5.99. The Morgan fingerprint density at radius 3 is 2.70 bits per heavy atom. The zero-order chi connectivity index (χ0) is 14.4. The molecule has 0 spiro atoms. The Balaban J connectivity index is 2.27. The summed E-state index contributed by atoms with van der Waals surface area (Å²) in [6.07, 6.45) is 1.82. The van der Waals surface area contributed by atoms with Crippen molar-refractivity contribution in [3.05, 3.63) is 42.0 Å². The molecule has 0 amide bonds. The summed E-state index contributed by atoms with van der Waals surface area (Å²) in [6.45, 7) is 0. The molecule has 3 aromatic rings. The summed E-state index contributed by atoms with van der Waals surface area (Å²) >= 11 is 0. The minimum atomic E-state index is -1.04. The first-order valence-corrected chi connectivity index (χ1v) is 5.99. The zero-order valence-electron chi connectivity index (χ0n) is 11.0. The fourth-order valence-corrected chi connectivity index (χ4v) is 2.37. The monoisotopic (exact) mass is 273 g/mol. The van der Waals surface area contributed by atoms with Gasteiger partial charge in [0.25, 0.3) is 0 Å². The number of carboxylic acids is 1. The molecule has 3 rings (SSSR count). The summed E-state index contributed by atoms with van der Waals surface area (Å²) in [6, 6.07) is 6.00. The molecule has 0 bridgehead atoms. The molecule has 2 heterocycles. The van der Waals surface area contributed by atoms with Crippen molar-refractivity contribution in [3.63, 3.8) is 0 Å². The van der Waals surface area contributed by atoms with Crippen molar-refractivity contribution in [2.45, 2.75) is 0 Å². The molecule has 0 atom stereocenters. The normalized spacial score (nSPS) is 11.2. The zero-order valence-corrected chi connectivity index (χ0v) is 11.0. The summed E-state index contributed by atoms with van der Waals surface area (Å²) in [7, 11) is 3.42. The van der Waals surface area contributed by atoms with Gasteiger partial charge < -0.3 is 9.67 Å². The molecule has 0 saturated heterocycles. The van der Waals surface area contributed by atoms with E-state index in [1.54, 1.807) is 13.1 Å². The summed E-state index contributed by atoms with van der Waals surface area (Å²) in [5.74, 6) is -1.38. The number of fused-ring (bicyclic) bond motifs is 1. The minimum absolute atomic E-state index is 0.0911. The van der Waals surface area contributed by atoms with Crippen molar-refractivity contribution in [1.29, 1.82) is 0 Å². The Hall–Kier alpha value is -2.63. The molecule has 0 radical (unpaired) electrons. The third-order valence-corrected chi connectivity index (χ3v) is 3.33. The molecule has 1 N–H and O–H groups in total. The molecule has 6 heteroatoms. The van der Waals surface area contributed by atoms with E-state index in [-0.39, 0.29) is 11.5 Å². The van der Waals surface area contributed by atoms with Crippen LogP contribution in [0.2, 0.25) is 0 Å². The van der Waals surface area contributed by atoms with Crippen LogP contribution in [0, 0.1) is 5.82 Å². The average molecular weight is 273 g/mol. The predicted molar refractivity (Wildman–Crippen MR) is 72.0 cm³/mol. The Morgan fingerprint density at radius 1 is 1.30 bits per heavy atom. The van der Waals surface area contributed by atoms with Gasteiger partial charge in [0.2, 0.25) is 0 Å². The fourth-order valence-electron chi connectivity index (χ4n) is 2.37. The lowest BCUT2D eigenvalue weighted by molar-refractivity contribution is 0.0685. The maximum Gasteiger partial charge on any atom is 0.354 e. The number of rotatable bonds is 2. The number of aromatic nitrogens is 3. The van der Waals surface area contributed by atoms with Crippen LogP contribution in [0.15, 0.2) is 30.5 Å². The van der Waals surface area contributed by atoms with E-state index in [4.69, 9.17) is 5.11 Å². The Morgan fingerprint density at radius 2 is 2.05 bits per heavy atom. The predicted octanol–water partition coefficient (Wildman–Crippen LogP) is 2.42. The van der Waals surface area contributed by atoms with E-state index in [0.717, 1.165) is 5.52 Å². The number of hydrogen-bond donors (Lipinski definition) is 1. The van der Waals surface area contributed by atoms with Crippen LogP contribution in [0.25, 0.3) is 22.2 Å². The lowest BCUT2D eigenvalue weighted by Crippen LogP contribution is -2.04. The molecule has 0 saturated carbocycles. The number of nitrogens with zero attached hydrogens (tertiary/aromatic N) is 3. The maximum absolute atomic E-state index is 13.4. The third-order valence-electron chi connectivity index (χ3n) is 3.33. The molecule has 0 aliphatic heterocycles. The SMILES string of the molecule is Cn1nc(-c2cn(C)c3ccc(F)cc23)cc1C(=O)O. The van der Waals surface area contributed by atoms with Gasteiger partial charge in [-0.15, -0.1) is 0 Å². The van der Waals surface area contributed by atoms with Gasteiger partial charge in [-0.25, -0.2) is 9.18 Å². The van der Waals surface area contributed by atoms with Crippen LogP contribution >= 0.6 is 0 Å². The van der Waals surface area contributed by atoms with Crippen LogP contribution in [0.5, 0.6) is 0 Å². The van der Waals surface area contributed by atoms with Crippen molar-refractivity contribution in [1.82, 2.24) is 14.3 Å². The van der Waals surface area contributed by atoms with E-state index < -0.39 is 5.97 Å². The summed E-state index contributed by atoms with van der Waals surface area (Å²) in [4.78, 5) is 11.1. The molecule has 1 aromatic carbocycles. The Labute approximate surface area is 113 Å². The standard InChI is InChI=1S/C14H12FN3O2/c1-17-7-10(9-5-8(15)3-4-12(9)17)11-6-13(14(19)20)18(2)16-11/h3-7H,1-2H3,(H,19,20). The van der Waals surface area contributed by atoms with E-state index in [1.165, 1.54) is 22.9 Å². The number of hydrogen-bond acceptors (Lipinski definition) is 2. The third kappa shape index (κ3) is 1.77. The molecule has 102 valence electrons. The van der Waals surface area contributed by atoms with E-state index in [2.05, 4.69) is 5.10 Å². The van der Waals surface area contributed by atoms with Gasteiger partial charge in [-0.1, -0.05) is 0 Å². The van der Waals surface area contributed by atoms with Gasteiger partial charge in [-0.3, -0.25) is 4.68 Å². The molecule has 20 heavy (non-hydrogen) atoms. The second-order valence-corrected chi connectivity index (χ2v) is 4.66. The number of aryl methyl sites for hydroxylation is 2. The second kappa shape index (κ2) is 4.19. The Kier molecular flexibility index (Phi) is 2.60. The van der Waals surface area contributed by atoms with Crippen LogP contribution in [0.4, 0.5) is 4.39 Å². The summed E-state index contributed by atoms with van der Waals surface area (Å²) < 4.78 is 16.6. The van der Waals surface area contributed by atoms with Crippen LogP contribution in [0.3, 0.4) is 0 Å². The molecule has 0 fully saturated rings. The molecule has 2 aromatic heterocycles. The lowest BCUT2D eigenvalue weighted by atomic mass is 10.1. The highest BCUT2D eigenvalue weighted by Gasteiger charge is 2.16. The van der Waals surface area contributed by atoms with Crippen molar-refractivity contribution in [3.8, 4) is 11.3 Å². The average Bonchev–Trinajstić information content (AvgIpc) is 2.90. The topological polar surface area (TPSA) is 60.0 Å². The number of benzene rings is 1. The quantitative estimate of drug-likeness (QED) is 0.780. The van der Waals surface area contributed by atoms with Crippen LogP contribution in [-0.4, -0.2) is 25.4 Å². The van der Waals surface area contributed by atoms with Crippen molar-refractivity contribution < 1.29 is 14.3 Å². The van der Waals surface area contributed by atoms with Crippen LogP contribution in [0.1, 0.15) is 10.5 Å². The van der Waals surface area contributed by atoms with Crippen molar-refractivity contribution in [2.24, 2.45) is 14.1 Å². The van der Waals surface area contributed by atoms with E-state index in [0.29, 0.717) is 16.6 Å². The number of halogens is 1. The molecular formula is C14H12FN3O2. The highest BCUT2D eigenvalue weighted by Crippen LogP contribution is 2.30. The van der Waals surface area contributed by atoms with Crippen LogP contribution < -0.4 is 0 Å². The van der Waals surface area contributed by atoms with Gasteiger partial charge in [0.1, 0.15) is 11.5 Å². The smallest absolute Gasteiger partial charge is 0.354 e. The Bertz CT molecular complexity index is 832. The summed E-state index contributed by atoms with van der Waals surface area (Å²) in [5.41, 5.74) is 2.18. The van der Waals surface area contributed by atoms with Gasteiger partial charge in [-0.05, 0) is 24.3 Å². The molecule has 0 unspecified atom stereocenters. The molecule has 0 aliphatic carbocycles. The van der Waals surface area contributed by atoms with E-state index >= 15 is 0 Å². The minimum Gasteiger partial charge on any atom is -0.477 e. The van der Waals surface area contributed by atoms with Gasteiger partial charge in [-0.2, -0.15) is 5.10 Å². The second-order valence-electron chi connectivity index (χ2n) is 4.66. The van der Waals surface area contributed by atoms with Gasteiger partial charge in [0.15, 0.2) is 0 Å². The molecule has 5 nitrogen and oxygen atoms in total. The number of aromatic carboxylic acids is 1. The summed E-state index contributed by atoms with van der Waals surface area (Å²) in [5, 5.41) is 14.0. The lowest BCUT2D eigenvalue weighted by Gasteiger charge is -1.95. The van der Waals surface area contributed by atoms with Gasteiger partial charge >= 0.3 is 5.97 Å². The fraction of sp³-hybridized carbons (Fsp3) is 0.143. The van der Waals surface area contributed by atoms with E-state index in [1.807, 2.05) is 17.8 Å². The first-order chi connectivity index (χ1) is 9.47. The van der Waals surface area contributed by atoms with Crippen molar-refractivity contribution >= 4 is 16.9 Å². The molecule has 0 aliphatic rings.